The average Bonchev–Trinajstić information content (AvgIpc) is 2.03. The van der Waals surface area contributed by atoms with Gasteiger partial charge in [0.15, 0.2) is 0 Å². The fourth-order valence-corrected chi connectivity index (χ4v) is 2.60. The van der Waals surface area contributed by atoms with Crippen LogP contribution in [0.5, 0.6) is 0 Å². The van der Waals surface area contributed by atoms with Gasteiger partial charge >= 0.3 is 18.0 Å². The Morgan fingerprint density at radius 1 is 1.00 bits per heavy atom. The van der Waals surface area contributed by atoms with Crippen LogP contribution >= 0.6 is 0 Å². The lowest BCUT2D eigenvalue weighted by molar-refractivity contribution is 0.493. The van der Waals surface area contributed by atoms with Gasteiger partial charge in [0, 0.05) is 0 Å². The molecule has 0 aliphatic rings. The molecule has 0 saturated carbocycles. The fourth-order valence-electron chi connectivity index (χ4n) is 0.827. The van der Waals surface area contributed by atoms with Crippen LogP contribution in [0.25, 0.3) is 0 Å². The van der Waals surface area contributed by atoms with Gasteiger partial charge in [-0.3, -0.25) is 4.55 Å². The van der Waals surface area contributed by atoms with Crippen molar-refractivity contribution in [3.05, 3.63) is 29.8 Å². The van der Waals surface area contributed by atoms with Crippen molar-refractivity contribution in [2.75, 3.05) is 0 Å². The second kappa shape index (κ2) is 3.34. The first-order valence-corrected chi connectivity index (χ1v) is 6.98. The zero-order valence-corrected chi connectivity index (χ0v) is 8.84. The Bertz CT molecular complexity index is 524. The molecule has 1 aromatic rings. The van der Waals surface area contributed by atoms with Crippen molar-refractivity contribution in [3.63, 3.8) is 0 Å². The molecule has 0 unspecified atom stereocenters. The summed E-state index contributed by atoms with van der Waals surface area (Å²) in [7, 11) is -9.76. The van der Waals surface area contributed by atoms with Gasteiger partial charge in [-0.2, -0.15) is 8.42 Å². The predicted molar refractivity (Wildman–Crippen MR) is 49.9 cm³/mol. The van der Waals surface area contributed by atoms with E-state index in [1.165, 1.54) is 12.1 Å². The van der Waals surface area contributed by atoms with E-state index in [0.717, 1.165) is 17.7 Å². The van der Waals surface area contributed by atoms with Crippen LogP contribution in [0.2, 0.25) is 0 Å². The molecule has 5 nitrogen and oxygen atoms in total. The maximum absolute atomic E-state index is 11.1. The Morgan fingerprint density at radius 3 is 1.79 bits per heavy atom. The van der Waals surface area contributed by atoms with Gasteiger partial charge in [0.2, 0.25) is 0 Å². The maximum Gasteiger partial charge on any atom is 0.377 e. The summed E-state index contributed by atoms with van der Waals surface area (Å²) in [5, 5.41) is 0. The van der Waals surface area contributed by atoms with E-state index in [-0.39, 0.29) is 0 Å². The van der Waals surface area contributed by atoms with Crippen molar-refractivity contribution in [1.29, 1.82) is 0 Å². The molecule has 0 aliphatic carbocycles. The zero-order valence-electron chi connectivity index (χ0n) is 7.21. The Morgan fingerprint density at radius 2 is 1.43 bits per heavy atom. The highest BCUT2D eigenvalue weighted by Gasteiger charge is 2.29. The number of hydrogen-bond acceptors (Lipinski definition) is 4. The van der Waals surface area contributed by atoms with Gasteiger partial charge in [-0.1, -0.05) is 17.7 Å². The van der Waals surface area contributed by atoms with Crippen LogP contribution in [-0.4, -0.2) is 21.4 Å². The molecule has 0 saturated heterocycles. The van der Waals surface area contributed by atoms with Crippen molar-refractivity contribution in [1.82, 2.24) is 0 Å². The summed E-state index contributed by atoms with van der Waals surface area (Å²) in [5.41, 5.74) is 0.791. The largest absolute Gasteiger partial charge is 0.377 e. The van der Waals surface area contributed by atoms with E-state index in [1.807, 2.05) is 0 Å². The molecule has 1 aromatic carbocycles. The van der Waals surface area contributed by atoms with E-state index in [1.54, 1.807) is 6.92 Å². The Balaban J connectivity index is 3.40. The van der Waals surface area contributed by atoms with Crippen LogP contribution in [0.3, 0.4) is 0 Å². The maximum atomic E-state index is 11.1. The lowest BCUT2D eigenvalue weighted by Crippen LogP contribution is -2.14. The molecule has 0 aromatic heterocycles. The molecule has 0 spiro atoms. The van der Waals surface area contributed by atoms with E-state index in [0.29, 0.717) is 0 Å². The van der Waals surface area contributed by atoms with E-state index < -0.39 is 22.9 Å². The second-order valence-corrected chi connectivity index (χ2v) is 7.51. The first-order chi connectivity index (χ1) is 6.25. The average molecular weight is 236 g/mol. The van der Waals surface area contributed by atoms with Crippen molar-refractivity contribution >= 4 is 18.0 Å². The molecule has 0 atom stereocenters. The number of hydrogen-bond donors (Lipinski definition) is 1. The Kier molecular flexibility index (Phi) is 2.66. The highest BCUT2D eigenvalue weighted by atomic mass is 33.2. The molecule has 0 bridgehead atoms. The third kappa shape index (κ3) is 1.94. The normalized spacial score (nSPS) is 12.7. The van der Waals surface area contributed by atoms with Crippen LogP contribution in [0.1, 0.15) is 5.56 Å². The first kappa shape index (κ1) is 11.2. The highest BCUT2D eigenvalue weighted by Crippen LogP contribution is 2.16. The monoisotopic (exact) mass is 236 g/mol. The van der Waals surface area contributed by atoms with Gasteiger partial charge in [-0.05, 0) is 19.1 Å². The molecule has 14 heavy (non-hydrogen) atoms. The minimum Gasteiger partial charge on any atom is -0.273 e. The standard InChI is InChI=1S/C7H8O5S2/c1-6-2-4-7(5-3-6)13(8,9)14(10,11)12/h2-5H,1H3,(H,10,11,12). The highest BCUT2D eigenvalue weighted by molar-refractivity contribution is 8.64. The molecular formula is C7H8O5S2. The molecule has 0 fully saturated rings. The molecule has 7 heteroatoms. The Hall–Kier alpha value is -0.920. The Labute approximate surface area is 81.5 Å². The smallest absolute Gasteiger partial charge is 0.273 e. The summed E-state index contributed by atoms with van der Waals surface area (Å²) in [5.74, 6) is 0. The minimum absolute atomic E-state index is 0.439. The van der Waals surface area contributed by atoms with Crippen molar-refractivity contribution < 1.29 is 21.4 Å². The molecule has 0 heterocycles. The number of rotatable bonds is 2. The van der Waals surface area contributed by atoms with Crippen LogP contribution < -0.4 is 0 Å². The quantitative estimate of drug-likeness (QED) is 0.599. The molecule has 1 rings (SSSR count). The van der Waals surface area contributed by atoms with Crippen molar-refractivity contribution in [2.24, 2.45) is 0 Å². The molecular weight excluding hydrogens is 228 g/mol. The third-order valence-corrected chi connectivity index (χ3v) is 5.23. The van der Waals surface area contributed by atoms with Crippen molar-refractivity contribution in [2.45, 2.75) is 11.8 Å². The summed E-state index contributed by atoms with van der Waals surface area (Å²) in [6.45, 7) is 1.73. The van der Waals surface area contributed by atoms with Crippen LogP contribution in [0.4, 0.5) is 0 Å². The van der Waals surface area contributed by atoms with E-state index in [4.69, 9.17) is 4.55 Å². The van der Waals surface area contributed by atoms with Crippen molar-refractivity contribution in [3.8, 4) is 0 Å². The third-order valence-electron chi connectivity index (χ3n) is 1.59. The van der Waals surface area contributed by atoms with Crippen LogP contribution in [-0.2, 0) is 18.0 Å². The lowest BCUT2D eigenvalue weighted by atomic mass is 10.2. The van der Waals surface area contributed by atoms with Crippen LogP contribution in [0, 0.1) is 6.92 Å². The molecule has 0 radical (unpaired) electrons. The van der Waals surface area contributed by atoms with Gasteiger partial charge in [-0.25, -0.2) is 8.42 Å². The van der Waals surface area contributed by atoms with E-state index in [2.05, 4.69) is 0 Å². The van der Waals surface area contributed by atoms with Crippen LogP contribution in [0.15, 0.2) is 29.2 Å². The predicted octanol–water partition coefficient (Wildman–Crippen LogP) is 0.572. The first-order valence-electron chi connectivity index (χ1n) is 3.54. The summed E-state index contributed by atoms with van der Waals surface area (Å²) in [6, 6.07) is 5.13. The fraction of sp³-hybridized carbons (Fsp3) is 0.143. The second-order valence-electron chi connectivity index (χ2n) is 2.69. The zero-order chi connectivity index (χ0) is 11.0. The van der Waals surface area contributed by atoms with Gasteiger partial charge in [0.05, 0.1) is 4.90 Å². The number of benzene rings is 1. The van der Waals surface area contributed by atoms with E-state index in [9.17, 15) is 16.8 Å². The lowest BCUT2D eigenvalue weighted by Gasteiger charge is -2.00. The molecule has 1 N–H and O–H groups in total. The minimum atomic E-state index is -5.10. The van der Waals surface area contributed by atoms with Gasteiger partial charge in [0.25, 0.3) is 0 Å². The van der Waals surface area contributed by atoms with E-state index >= 15 is 0 Å². The summed E-state index contributed by atoms with van der Waals surface area (Å²) < 4.78 is 51.7. The number of aryl methyl sites for hydroxylation is 1. The SMILES string of the molecule is Cc1ccc(S(=O)(=O)S(=O)(=O)O)cc1. The summed E-state index contributed by atoms with van der Waals surface area (Å²) >= 11 is 0. The molecule has 78 valence electrons. The van der Waals surface area contributed by atoms with Gasteiger partial charge in [-0.15, -0.1) is 0 Å². The topological polar surface area (TPSA) is 88.5 Å². The van der Waals surface area contributed by atoms with Gasteiger partial charge in [0.1, 0.15) is 0 Å². The summed E-state index contributed by atoms with van der Waals surface area (Å²) in [4.78, 5) is -0.439. The summed E-state index contributed by atoms with van der Waals surface area (Å²) in [6.07, 6.45) is 0. The molecule has 0 amide bonds. The molecule has 0 aliphatic heterocycles. The van der Waals surface area contributed by atoms with Gasteiger partial charge < -0.3 is 0 Å².